The number of rotatable bonds is 6. The number of esters is 1. The number of hydrogen-bond donors (Lipinski definition) is 1. The molecule has 0 saturated carbocycles. The van der Waals surface area contributed by atoms with Crippen LogP contribution in [0.2, 0.25) is 5.02 Å². The number of halogens is 1. The minimum absolute atomic E-state index is 0.240. The molecule has 3 aromatic rings. The monoisotopic (exact) mass is 460 g/mol. The summed E-state index contributed by atoms with van der Waals surface area (Å²) in [6.07, 6.45) is 0. The molecule has 0 spiro atoms. The van der Waals surface area contributed by atoms with E-state index in [-0.39, 0.29) is 12.5 Å². The molecule has 11 heteroatoms. The summed E-state index contributed by atoms with van der Waals surface area (Å²) in [6, 6.07) is 7.40. The third kappa shape index (κ3) is 4.42. The number of carbonyl (C=O) groups excluding carboxylic acids is 1. The zero-order valence-electron chi connectivity index (χ0n) is 18.0. The van der Waals surface area contributed by atoms with E-state index in [1.807, 2.05) is 27.7 Å². The summed E-state index contributed by atoms with van der Waals surface area (Å²) < 4.78 is 8.20. The van der Waals surface area contributed by atoms with Gasteiger partial charge in [-0.1, -0.05) is 23.7 Å². The summed E-state index contributed by atoms with van der Waals surface area (Å²) in [4.78, 5) is 47.8. The van der Waals surface area contributed by atoms with Crippen molar-refractivity contribution in [1.29, 1.82) is 0 Å². The van der Waals surface area contributed by atoms with Gasteiger partial charge in [0, 0.05) is 38.2 Å². The van der Waals surface area contributed by atoms with Crippen LogP contribution in [0.5, 0.6) is 0 Å². The van der Waals surface area contributed by atoms with Crippen molar-refractivity contribution in [1.82, 2.24) is 24.0 Å². The molecule has 3 heterocycles. The Morgan fingerprint density at radius 2 is 1.97 bits per heavy atom. The number of carbonyl (C=O) groups is 1. The van der Waals surface area contributed by atoms with Gasteiger partial charge in [0.1, 0.15) is 0 Å². The van der Waals surface area contributed by atoms with Crippen molar-refractivity contribution in [2.75, 3.05) is 44.2 Å². The Bertz CT molecular complexity index is 1260. The summed E-state index contributed by atoms with van der Waals surface area (Å²) in [5.41, 5.74) is 0.568. The van der Waals surface area contributed by atoms with Crippen molar-refractivity contribution in [3.05, 3.63) is 55.7 Å². The number of nitrogens with zero attached hydrogens (tertiary/aromatic N) is 5. The Morgan fingerprint density at radius 1 is 1.22 bits per heavy atom. The van der Waals surface area contributed by atoms with Crippen LogP contribution >= 0.6 is 11.6 Å². The van der Waals surface area contributed by atoms with Gasteiger partial charge >= 0.3 is 11.7 Å². The number of piperazine rings is 1. The van der Waals surface area contributed by atoms with Gasteiger partial charge in [-0.3, -0.25) is 28.6 Å². The number of benzene rings is 1. The van der Waals surface area contributed by atoms with Crippen LogP contribution in [0.4, 0.5) is 5.95 Å². The lowest BCUT2D eigenvalue weighted by Gasteiger charge is -2.34. The first kappa shape index (κ1) is 22.1. The highest BCUT2D eigenvalue weighted by Gasteiger charge is 2.26. The van der Waals surface area contributed by atoms with Gasteiger partial charge in [0.05, 0.1) is 19.7 Å². The molecule has 0 atom stereocenters. The average molecular weight is 461 g/mol. The van der Waals surface area contributed by atoms with Gasteiger partial charge in [-0.05, 0) is 24.6 Å². The van der Waals surface area contributed by atoms with Crippen LogP contribution in [0.25, 0.3) is 11.2 Å². The van der Waals surface area contributed by atoms with Crippen LogP contribution in [0, 0.1) is 0 Å². The zero-order chi connectivity index (χ0) is 22.8. The standard InChI is InChI=1S/C21H25ClN6O4/c1-3-32-16(29)13-26-7-9-27(10-8-26)20-23-18-17(19(30)24-21(31)25(18)2)28(20)12-14-5-4-6-15(22)11-14/h4-6,11H,3,7-10,12-13H2,1-2H3,(H,24,30,31). The largest absolute Gasteiger partial charge is 0.465 e. The summed E-state index contributed by atoms with van der Waals surface area (Å²) in [5, 5.41) is 0.599. The van der Waals surface area contributed by atoms with Crippen LogP contribution in [0.3, 0.4) is 0 Å². The van der Waals surface area contributed by atoms with Crippen LogP contribution < -0.4 is 16.1 Å². The topological polar surface area (TPSA) is 105 Å². The molecule has 1 saturated heterocycles. The number of H-pyrrole nitrogens is 1. The minimum Gasteiger partial charge on any atom is -0.465 e. The highest BCUT2D eigenvalue weighted by atomic mass is 35.5. The maximum atomic E-state index is 12.7. The van der Waals surface area contributed by atoms with Crippen molar-refractivity contribution in [3.63, 3.8) is 0 Å². The van der Waals surface area contributed by atoms with Crippen molar-refractivity contribution >= 4 is 34.7 Å². The number of ether oxygens (including phenoxy) is 1. The van der Waals surface area contributed by atoms with E-state index in [9.17, 15) is 14.4 Å². The average Bonchev–Trinajstić information content (AvgIpc) is 3.13. The summed E-state index contributed by atoms with van der Waals surface area (Å²) in [5.74, 6) is 0.359. The maximum Gasteiger partial charge on any atom is 0.329 e. The van der Waals surface area contributed by atoms with Gasteiger partial charge in [-0.2, -0.15) is 4.98 Å². The van der Waals surface area contributed by atoms with Crippen LogP contribution in [0.1, 0.15) is 12.5 Å². The number of imidazole rings is 1. The van der Waals surface area contributed by atoms with E-state index < -0.39 is 11.2 Å². The molecule has 1 aliphatic rings. The minimum atomic E-state index is -0.513. The molecular weight excluding hydrogens is 436 g/mol. The molecule has 0 unspecified atom stereocenters. The number of aromatic amines is 1. The van der Waals surface area contributed by atoms with E-state index in [1.165, 1.54) is 4.57 Å². The van der Waals surface area contributed by atoms with Crippen LogP contribution in [-0.2, 0) is 23.1 Å². The molecule has 10 nitrogen and oxygen atoms in total. The maximum absolute atomic E-state index is 12.7. The fourth-order valence-electron chi connectivity index (χ4n) is 3.93. The first-order chi connectivity index (χ1) is 15.4. The lowest BCUT2D eigenvalue weighted by molar-refractivity contribution is -0.144. The molecule has 0 aliphatic carbocycles. The summed E-state index contributed by atoms with van der Waals surface area (Å²) >= 11 is 6.16. The molecule has 32 heavy (non-hydrogen) atoms. The van der Waals surface area contributed by atoms with E-state index in [1.54, 1.807) is 20.0 Å². The number of aromatic nitrogens is 4. The van der Waals surface area contributed by atoms with Gasteiger partial charge in [-0.25, -0.2) is 4.79 Å². The predicted molar refractivity (Wildman–Crippen MR) is 121 cm³/mol. The van der Waals surface area contributed by atoms with E-state index in [2.05, 4.69) is 14.9 Å². The normalized spacial score (nSPS) is 14.8. The second-order valence-electron chi connectivity index (χ2n) is 7.69. The third-order valence-corrected chi connectivity index (χ3v) is 5.76. The smallest absolute Gasteiger partial charge is 0.329 e. The number of anilines is 1. The first-order valence-corrected chi connectivity index (χ1v) is 10.8. The third-order valence-electron chi connectivity index (χ3n) is 5.53. The van der Waals surface area contributed by atoms with Gasteiger partial charge in [0.2, 0.25) is 5.95 Å². The highest BCUT2D eigenvalue weighted by molar-refractivity contribution is 6.30. The Morgan fingerprint density at radius 3 is 2.66 bits per heavy atom. The van der Waals surface area contributed by atoms with E-state index in [4.69, 9.17) is 16.3 Å². The molecular formula is C21H25ClN6O4. The fraction of sp³-hybridized carbons (Fsp3) is 0.429. The SMILES string of the molecule is CCOC(=O)CN1CCN(c2nc3c(c(=O)[nH]c(=O)n3C)n2Cc2cccc(Cl)c2)CC1. The lowest BCUT2D eigenvalue weighted by Crippen LogP contribution is -2.49. The molecule has 0 bridgehead atoms. The van der Waals surface area contributed by atoms with Crippen molar-refractivity contribution < 1.29 is 9.53 Å². The molecule has 0 radical (unpaired) electrons. The summed E-state index contributed by atoms with van der Waals surface area (Å²) in [7, 11) is 1.58. The quantitative estimate of drug-likeness (QED) is 0.542. The molecule has 4 rings (SSSR count). The zero-order valence-corrected chi connectivity index (χ0v) is 18.8. The Labute approximate surface area is 189 Å². The van der Waals surface area contributed by atoms with Crippen molar-refractivity contribution in [3.8, 4) is 0 Å². The molecule has 1 aromatic carbocycles. The molecule has 0 amide bonds. The Kier molecular flexibility index (Phi) is 6.33. The fourth-order valence-corrected chi connectivity index (χ4v) is 4.14. The molecule has 1 aliphatic heterocycles. The van der Waals surface area contributed by atoms with Gasteiger partial charge in [0.15, 0.2) is 11.2 Å². The molecule has 1 fully saturated rings. The number of nitrogens with one attached hydrogen (secondary N) is 1. The Balaban J connectivity index is 1.69. The number of fused-ring (bicyclic) bond motifs is 1. The predicted octanol–water partition coefficient (Wildman–Crippen LogP) is 0.810. The van der Waals surface area contributed by atoms with Gasteiger partial charge in [0.25, 0.3) is 5.56 Å². The van der Waals surface area contributed by atoms with E-state index >= 15 is 0 Å². The van der Waals surface area contributed by atoms with E-state index in [0.717, 1.165) is 5.56 Å². The number of hydrogen-bond acceptors (Lipinski definition) is 7. The number of aryl methyl sites for hydroxylation is 1. The van der Waals surface area contributed by atoms with Crippen molar-refractivity contribution in [2.24, 2.45) is 7.05 Å². The van der Waals surface area contributed by atoms with Gasteiger partial charge in [-0.15, -0.1) is 0 Å². The first-order valence-electron chi connectivity index (χ1n) is 10.4. The van der Waals surface area contributed by atoms with Crippen molar-refractivity contribution in [2.45, 2.75) is 13.5 Å². The molecule has 2 aromatic heterocycles. The lowest BCUT2D eigenvalue weighted by atomic mass is 10.2. The Hall–Kier alpha value is -3.11. The summed E-state index contributed by atoms with van der Waals surface area (Å²) in [6.45, 7) is 5.29. The second-order valence-corrected chi connectivity index (χ2v) is 8.12. The van der Waals surface area contributed by atoms with Crippen LogP contribution in [0.15, 0.2) is 33.9 Å². The second kappa shape index (κ2) is 9.17. The van der Waals surface area contributed by atoms with E-state index in [0.29, 0.717) is 61.5 Å². The molecule has 1 N–H and O–H groups in total. The van der Waals surface area contributed by atoms with Crippen LogP contribution in [-0.4, -0.2) is 69.3 Å². The van der Waals surface area contributed by atoms with Gasteiger partial charge < -0.3 is 9.64 Å². The molecule has 170 valence electrons. The highest BCUT2D eigenvalue weighted by Crippen LogP contribution is 2.23.